The minimum absolute atomic E-state index is 0.0880. The fourth-order valence-corrected chi connectivity index (χ4v) is 1.34. The van der Waals surface area contributed by atoms with E-state index >= 15 is 0 Å². The van der Waals surface area contributed by atoms with Gasteiger partial charge in [-0.3, -0.25) is 9.69 Å². The predicted octanol–water partition coefficient (Wildman–Crippen LogP) is 0.642. The average Bonchev–Trinajstić information content (AvgIpc) is 2.56. The first-order chi connectivity index (χ1) is 4.99. The maximum atomic E-state index is 11.0. The number of ether oxygens (including phenoxy) is 1. The molecular weight excluding hydrogens is 142 g/mol. The van der Waals surface area contributed by atoms with Crippen molar-refractivity contribution in [2.45, 2.75) is 32.4 Å². The first-order valence-corrected chi connectivity index (χ1v) is 3.83. The van der Waals surface area contributed by atoms with Crippen LogP contribution in [0.4, 0.5) is 0 Å². The van der Waals surface area contributed by atoms with Gasteiger partial charge in [0.05, 0.1) is 7.11 Å². The largest absolute Gasteiger partial charge is 0.468 e. The molecule has 0 aromatic heterocycles. The van der Waals surface area contributed by atoms with Crippen molar-refractivity contribution in [1.82, 2.24) is 4.90 Å². The normalized spacial score (nSPS) is 29.3. The van der Waals surface area contributed by atoms with Crippen LogP contribution in [0.5, 0.6) is 0 Å². The van der Waals surface area contributed by atoms with Crippen molar-refractivity contribution < 1.29 is 9.53 Å². The van der Waals surface area contributed by atoms with Gasteiger partial charge in [0, 0.05) is 12.1 Å². The summed E-state index contributed by atoms with van der Waals surface area (Å²) in [6.45, 7) is 7.10. The van der Waals surface area contributed by atoms with E-state index in [-0.39, 0.29) is 17.6 Å². The van der Waals surface area contributed by atoms with Crippen molar-refractivity contribution >= 4 is 5.97 Å². The lowest BCUT2D eigenvalue weighted by Crippen LogP contribution is -2.30. The van der Waals surface area contributed by atoms with Crippen LogP contribution in [-0.4, -0.2) is 36.1 Å². The second-order valence-corrected chi connectivity index (χ2v) is 3.64. The smallest absolute Gasteiger partial charge is 0.322 e. The van der Waals surface area contributed by atoms with Crippen LogP contribution >= 0.6 is 0 Å². The molecule has 11 heavy (non-hydrogen) atoms. The number of carbonyl (C=O) groups excluding carboxylic acids is 1. The lowest BCUT2D eigenvalue weighted by molar-refractivity contribution is -0.144. The second kappa shape index (κ2) is 2.48. The van der Waals surface area contributed by atoms with Gasteiger partial charge in [-0.05, 0) is 20.8 Å². The van der Waals surface area contributed by atoms with Gasteiger partial charge in [-0.1, -0.05) is 0 Å². The second-order valence-electron chi connectivity index (χ2n) is 3.64. The summed E-state index contributed by atoms with van der Waals surface area (Å²) in [6.07, 6.45) is 0. The molecule has 3 nitrogen and oxygen atoms in total. The summed E-state index contributed by atoms with van der Waals surface area (Å²) in [5.74, 6) is -0.143. The molecule has 1 aliphatic heterocycles. The van der Waals surface area contributed by atoms with E-state index in [2.05, 4.69) is 23.5 Å². The van der Waals surface area contributed by atoms with Crippen LogP contribution in [-0.2, 0) is 9.53 Å². The molecule has 1 saturated heterocycles. The van der Waals surface area contributed by atoms with E-state index in [0.717, 1.165) is 6.54 Å². The molecule has 0 amide bonds. The molecule has 1 rings (SSSR count). The zero-order valence-corrected chi connectivity index (χ0v) is 7.55. The van der Waals surface area contributed by atoms with E-state index < -0.39 is 0 Å². The molecule has 3 heteroatoms. The zero-order valence-electron chi connectivity index (χ0n) is 7.55. The van der Waals surface area contributed by atoms with Crippen molar-refractivity contribution in [3.63, 3.8) is 0 Å². The van der Waals surface area contributed by atoms with E-state index in [0.29, 0.717) is 0 Å². The lowest BCUT2D eigenvalue weighted by Gasteiger charge is -2.13. The third-order valence-corrected chi connectivity index (χ3v) is 2.24. The summed E-state index contributed by atoms with van der Waals surface area (Å²) in [5, 5.41) is 0. The highest BCUT2D eigenvalue weighted by Crippen LogP contribution is 2.33. The molecule has 0 N–H and O–H groups in total. The summed E-state index contributed by atoms with van der Waals surface area (Å²) in [6, 6.07) is -0.0880. The number of carbonyl (C=O) groups is 1. The van der Waals surface area contributed by atoms with Crippen LogP contribution in [0.15, 0.2) is 0 Å². The van der Waals surface area contributed by atoms with Crippen molar-refractivity contribution in [2.75, 3.05) is 13.7 Å². The number of hydrogen-bond acceptors (Lipinski definition) is 3. The van der Waals surface area contributed by atoms with Gasteiger partial charge in [0.25, 0.3) is 0 Å². The molecule has 64 valence electrons. The van der Waals surface area contributed by atoms with Gasteiger partial charge in [0.15, 0.2) is 0 Å². The molecule has 1 aliphatic rings. The van der Waals surface area contributed by atoms with Gasteiger partial charge in [-0.25, -0.2) is 0 Å². The summed E-state index contributed by atoms with van der Waals surface area (Å²) < 4.78 is 4.63. The van der Waals surface area contributed by atoms with Gasteiger partial charge in [0.1, 0.15) is 6.04 Å². The van der Waals surface area contributed by atoms with Crippen molar-refractivity contribution in [3.05, 3.63) is 0 Å². The molecule has 0 aliphatic carbocycles. The third-order valence-electron chi connectivity index (χ3n) is 2.24. The van der Waals surface area contributed by atoms with E-state index in [9.17, 15) is 4.79 Å². The lowest BCUT2D eigenvalue weighted by atomic mass is 10.2. The number of nitrogens with zero attached hydrogens (tertiary/aromatic N) is 1. The fraction of sp³-hybridized carbons (Fsp3) is 0.875. The molecule has 0 saturated carbocycles. The van der Waals surface area contributed by atoms with Crippen molar-refractivity contribution in [1.29, 1.82) is 0 Å². The predicted molar refractivity (Wildman–Crippen MR) is 42.3 cm³/mol. The van der Waals surface area contributed by atoms with E-state index in [1.165, 1.54) is 7.11 Å². The quantitative estimate of drug-likeness (QED) is 0.435. The summed E-state index contributed by atoms with van der Waals surface area (Å²) in [7, 11) is 1.43. The first kappa shape index (κ1) is 8.53. The first-order valence-electron chi connectivity index (χ1n) is 3.83. The van der Waals surface area contributed by atoms with E-state index in [4.69, 9.17) is 0 Å². The highest BCUT2D eigenvalue weighted by Gasteiger charge is 2.48. The Kier molecular flexibility index (Phi) is 1.92. The maximum Gasteiger partial charge on any atom is 0.322 e. The van der Waals surface area contributed by atoms with Crippen LogP contribution < -0.4 is 0 Å². The molecule has 1 fully saturated rings. The molecule has 1 heterocycles. The molecule has 2 unspecified atom stereocenters. The Balaban J connectivity index is 2.45. The summed E-state index contributed by atoms with van der Waals surface area (Å²) >= 11 is 0. The van der Waals surface area contributed by atoms with Gasteiger partial charge < -0.3 is 4.74 Å². The Morgan fingerprint density at radius 2 is 2.09 bits per heavy atom. The van der Waals surface area contributed by atoms with Crippen LogP contribution in [0.1, 0.15) is 20.8 Å². The Morgan fingerprint density at radius 3 is 2.36 bits per heavy atom. The van der Waals surface area contributed by atoms with Crippen LogP contribution in [0.3, 0.4) is 0 Å². The number of hydrogen-bond donors (Lipinski definition) is 0. The van der Waals surface area contributed by atoms with Gasteiger partial charge in [-0.15, -0.1) is 0 Å². The average molecular weight is 157 g/mol. The molecule has 0 aromatic carbocycles. The molecule has 0 bridgehead atoms. The van der Waals surface area contributed by atoms with Crippen molar-refractivity contribution in [2.24, 2.45) is 0 Å². The van der Waals surface area contributed by atoms with Gasteiger partial charge in [-0.2, -0.15) is 0 Å². The highest BCUT2D eigenvalue weighted by molar-refractivity contribution is 5.75. The standard InChI is InChI=1S/C8H15NO2/c1-6(7(10)11-4)9-5-8(9,2)3/h6H,5H2,1-4H3. The highest BCUT2D eigenvalue weighted by atomic mass is 16.5. The van der Waals surface area contributed by atoms with Crippen LogP contribution in [0.25, 0.3) is 0 Å². The number of methoxy groups -OCH3 is 1. The van der Waals surface area contributed by atoms with Gasteiger partial charge >= 0.3 is 5.97 Å². The molecule has 0 aromatic rings. The molecule has 2 atom stereocenters. The zero-order chi connectivity index (χ0) is 8.65. The maximum absolute atomic E-state index is 11.0. The molecule has 0 radical (unpaired) electrons. The number of rotatable bonds is 2. The van der Waals surface area contributed by atoms with Crippen molar-refractivity contribution in [3.8, 4) is 0 Å². The SMILES string of the molecule is COC(=O)C(C)N1CC1(C)C. The molecular formula is C8H15NO2. The Hall–Kier alpha value is -0.570. The Bertz CT molecular complexity index is 177. The van der Waals surface area contributed by atoms with Crippen LogP contribution in [0.2, 0.25) is 0 Å². The Labute approximate surface area is 67.3 Å². The topological polar surface area (TPSA) is 29.3 Å². The summed E-state index contributed by atoms with van der Waals surface area (Å²) in [4.78, 5) is 13.1. The van der Waals surface area contributed by atoms with Gasteiger partial charge in [0.2, 0.25) is 0 Å². The minimum atomic E-state index is -0.143. The van der Waals surface area contributed by atoms with E-state index in [1.807, 2.05) is 6.92 Å². The number of esters is 1. The third kappa shape index (κ3) is 1.53. The van der Waals surface area contributed by atoms with E-state index in [1.54, 1.807) is 0 Å². The van der Waals surface area contributed by atoms with Crippen LogP contribution in [0, 0.1) is 0 Å². The minimum Gasteiger partial charge on any atom is -0.468 e. The Morgan fingerprint density at radius 1 is 1.64 bits per heavy atom. The monoisotopic (exact) mass is 157 g/mol. The fourth-order valence-electron chi connectivity index (χ4n) is 1.34. The molecule has 0 spiro atoms. The summed E-state index contributed by atoms with van der Waals surface area (Å²) in [5.41, 5.74) is 0.202.